The van der Waals surface area contributed by atoms with Crippen LogP contribution in [0.15, 0.2) is 51.1 Å². The van der Waals surface area contributed by atoms with Crippen molar-refractivity contribution >= 4 is 51.0 Å². The molecule has 0 aliphatic carbocycles. The van der Waals surface area contributed by atoms with Gasteiger partial charge in [0.1, 0.15) is 0 Å². The quantitative estimate of drug-likeness (QED) is 0.599. The van der Waals surface area contributed by atoms with Gasteiger partial charge in [-0.3, -0.25) is 28.9 Å². The summed E-state index contributed by atoms with van der Waals surface area (Å²) in [7, 11) is 3.35. The van der Waals surface area contributed by atoms with E-state index in [0.717, 1.165) is 27.8 Å². The zero-order valence-electron chi connectivity index (χ0n) is 19.4. The second kappa shape index (κ2) is 8.50. The monoisotopic (exact) mass is 445 g/mol. The summed E-state index contributed by atoms with van der Waals surface area (Å²) < 4.78 is 3.14. The molecule has 1 atom stereocenters. The summed E-state index contributed by atoms with van der Waals surface area (Å²) in [6, 6.07) is 5.77. The fourth-order valence-electron chi connectivity index (χ4n) is 4.16. The largest absolute Gasteiger partial charge is 0.401 e. The van der Waals surface area contributed by atoms with Crippen molar-refractivity contribution in [3.63, 3.8) is 0 Å². The Bertz CT molecular complexity index is 1460. The van der Waals surface area contributed by atoms with Crippen molar-refractivity contribution in [2.24, 2.45) is 22.8 Å². The minimum Gasteiger partial charge on any atom is -0.401 e. The van der Waals surface area contributed by atoms with Crippen LogP contribution in [0.5, 0.6) is 0 Å². The van der Waals surface area contributed by atoms with E-state index in [-0.39, 0.29) is 17.6 Å². The van der Waals surface area contributed by atoms with Crippen molar-refractivity contribution < 1.29 is 4.79 Å². The number of nitrogens with one attached hydrogen (secondary N) is 1. The lowest BCUT2D eigenvalue weighted by Crippen LogP contribution is -2.39. The summed E-state index contributed by atoms with van der Waals surface area (Å²) in [5, 5.41) is 3.77. The van der Waals surface area contributed by atoms with E-state index < -0.39 is 0 Å². The summed E-state index contributed by atoms with van der Waals surface area (Å²) in [4.78, 5) is 38.0. The van der Waals surface area contributed by atoms with Gasteiger partial charge in [-0.25, -0.2) is 4.79 Å². The Morgan fingerprint density at radius 1 is 1.33 bits per heavy atom. The number of amides is 1. The average Bonchev–Trinajstić information content (AvgIpc) is 3.03. The predicted molar refractivity (Wildman–Crippen MR) is 133 cm³/mol. The summed E-state index contributed by atoms with van der Waals surface area (Å²) >= 11 is 0. The number of nitrogens with zero attached hydrogens (tertiary/aromatic N) is 5. The van der Waals surface area contributed by atoms with Crippen molar-refractivity contribution in [2.45, 2.75) is 33.2 Å². The topological polar surface area (TPSA) is 120 Å². The Labute approximate surface area is 191 Å². The molecular formula is C24H27N7O2. The molecule has 1 aliphatic rings. The van der Waals surface area contributed by atoms with Gasteiger partial charge >= 0.3 is 5.69 Å². The maximum Gasteiger partial charge on any atom is 0.333 e. The van der Waals surface area contributed by atoms with Crippen molar-refractivity contribution in [2.75, 3.05) is 7.05 Å². The van der Waals surface area contributed by atoms with Crippen LogP contribution in [0, 0.1) is 0 Å². The molecule has 0 spiro atoms. The predicted octanol–water partition coefficient (Wildman–Crippen LogP) is 2.45. The van der Waals surface area contributed by atoms with E-state index in [4.69, 9.17) is 5.73 Å². The van der Waals surface area contributed by atoms with E-state index in [1.54, 1.807) is 42.6 Å². The van der Waals surface area contributed by atoms with E-state index in [9.17, 15) is 9.59 Å². The number of carbonyl (C=O) groups excluding carboxylic acids is 1. The normalized spacial score (nSPS) is 17.3. The molecule has 1 amide bonds. The van der Waals surface area contributed by atoms with Gasteiger partial charge in [0.05, 0.1) is 34.5 Å². The van der Waals surface area contributed by atoms with Crippen LogP contribution < -0.4 is 16.7 Å². The second-order valence-electron chi connectivity index (χ2n) is 8.24. The molecule has 170 valence electrons. The first-order valence-electron chi connectivity index (χ1n) is 10.6. The second-order valence-corrected chi connectivity index (χ2v) is 8.24. The number of pyridine rings is 1. The molecule has 1 unspecified atom stereocenters. The van der Waals surface area contributed by atoms with E-state index in [0.29, 0.717) is 28.8 Å². The number of benzene rings is 1. The first kappa shape index (κ1) is 22.2. The van der Waals surface area contributed by atoms with Crippen LogP contribution in [0.3, 0.4) is 0 Å². The zero-order chi connectivity index (χ0) is 23.9. The molecule has 1 aliphatic heterocycles. The number of fused-ring (bicyclic) bond motifs is 3. The van der Waals surface area contributed by atoms with Crippen molar-refractivity contribution in [1.29, 1.82) is 0 Å². The van der Waals surface area contributed by atoms with Gasteiger partial charge < -0.3 is 11.1 Å². The van der Waals surface area contributed by atoms with Gasteiger partial charge in [-0.2, -0.15) is 0 Å². The van der Waals surface area contributed by atoms with Crippen LogP contribution in [0.1, 0.15) is 32.8 Å². The Balaban J connectivity index is 1.97. The van der Waals surface area contributed by atoms with Crippen LogP contribution in [-0.4, -0.2) is 45.0 Å². The van der Waals surface area contributed by atoms with Gasteiger partial charge in [-0.1, -0.05) is 6.07 Å². The molecule has 3 N–H and O–H groups in total. The molecule has 9 nitrogen and oxygen atoms in total. The molecule has 3 heterocycles. The molecule has 4 rings (SSSR count). The SMILES string of the molecule is CN=CC(=C(C)N)n1c(=O)n(C)c2cnc3ccc(C4=CN=C(C)C(NC(C)=O)C4)cc3c21. The third-order valence-electron chi connectivity index (χ3n) is 5.88. The number of hydrogen-bond donors (Lipinski definition) is 2. The Morgan fingerprint density at radius 3 is 2.76 bits per heavy atom. The summed E-state index contributed by atoms with van der Waals surface area (Å²) in [6.45, 7) is 5.15. The van der Waals surface area contributed by atoms with Gasteiger partial charge in [-0.15, -0.1) is 0 Å². The van der Waals surface area contributed by atoms with Crippen molar-refractivity contribution in [1.82, 2.24) is 19.4 Å². The minimum atomic E-state index is -0.229. The molecule has 0 bridgehead atoms. The van der Waals surface area contributed by atoms with Crippen molar-refractivity contribution in [3.05, 3.63) is 52.3 Å². The molecule has 3 aromatic rings. The van der Waals surface area contributed by atoms with Crippen LogP contribution in [0.4, 0.5) is 0 Å². The van der Waals surface area contributed by atoms with Crippen LogP contribution >= 0.6 is 0 Å². The first-order chi connectivity index (χ1) is 15.7. The Morgan fingerprint density at radius 2 is 2.09 bits per heavy atom. The minimum absolute atomic E-state index is 0.0948. The van der Waals surface area contributed by atoms with Crippen LogP contribution in [0.2, 0.25) is 0 Å². The lowest BCUT2D eigenvalue weighted by molar-refractivity contribution is -0.119. The summed E-state index contributed by atoms with van der Waals surface area (Å²) in [5.41, 5.74) is 11.9. The molecule has 0 radical (unpaired) electrons. The highest BCUT2D eigenvalue weighted by Crippen LogP contribution is 2.30. The number of imidazole rings is 1. The number of nitrogens with two attached hydrogens (primary N) is 1. The molecule has 0 saturated heterocycles. The highest BCUT2D eigenvalue weighted by molar-refractivity contribution is 6.11. The van der Waals surface area contributed by atoms with E-state index in [1.165, 1.54) is 6.92 Å². The molecule has 9 heteroatoms. The lowest BCUT2D eigenvalue weighted by Gasteiger charge is -2.23. The number of aromatic nitrogens is 3. The summed E-state index contributed by atoms with van der Waals surface area (Å²) in [6.07, 6.45) is 5.74. The fraction of sp³-hybridized carbons (Fsp3) is 0.292. The van der Waals surface area contributed by atoms with Gasteiger partial charge in [0.25, 0.3) is 0 Å². The number of aliphatic imine (C=N–C) groups is 2. The van der Waals surface area contributed by atoms with Gasteiger partial charge in [0.2, 0.25) is 5.91 Å². The fourth-order valence-corrected chi connectivity index (χ4v) is 4.16. The third-order valence-corrected chi connectivity index (χ3v) is 5.88. The number of hydrogen-bond acceptors (Lipinski definition) is 6. The third kappa shape index (κ3) is 3.86. The molecule has 0 saturated carbocycles. The van der Waals surface area contributed by atoms with Crippen LogP contribution in [0.25, 0.3) is 33.2 Å². The van der Waals surface area contributed by atoms with E-state index >= 15 is 0 Å². The highest BCUT2D eigenvalue weighted by atomic mass is 16.2. The number of rotatable bonds is 4. The molecule has 1 aromatic carbocycles. The van der Waals surface area contributed by atoms with E-state index in [2.05, 4.69) is 20.3 Å². The maximum atomic E-state index is 13.2. The Hall–Kier alpha value is -4.01. The highest BCUT2D eigenvalue weighted by Gasteiger charge is 2.22. The van der Waals surface area contributed by atoms with Crippen LogP contribution in [-0.2, 0) is 11.8 Å². The molecule has 0 fully saturated rings. The van der Waals surface area contributed by atoms with Gasteiger partial charge in [0.15, 0.2) is 0 Å². The Kier molecular flexibility index (Phi) is 5.71. The van der Waals surface area contributed by atoms with Crippen molar-refractivity contribution in [3.8, 4) is 0 Å². The summed E-state index contributed by atoms with van der Waals surface area (Å²) in [5.74, 6) is -0.0948. The molecular weight excluding hydrogens is 418 g/mol. The lowest BCUT2D eigenvalue weighted by atomic mass is 9.94. The number of aryl methyl sites for hydroxylation is 1. The van der Waals surface area contributed by atoms with Gasteiger partial charge in [0, 0.05) is 56.6 Å². The number of allylic oxidation sites excluding steroid dienone is 2. The first-order valence-corrected chi connectivity index (χ1v) is 10.6. The smallest absolute Gasteiger partial charge is 0.333 e. The molecule has 33 heavy (non-hydrogen) atoms. The number of carbonyl (C=O) groups is 1. The molecule has 2 aromatic heterocycles. The van der Waals surface area contributed by atoms with E-state index in [1.807, 2.05) is 31.3 Å². The average molecular weight is 446 g/mol. The maximum absolute atomic E-state index is 13.2. The zero-order valence-corrected chi connectivity index (χ0v) is 19.4. The standard InChI is InChI=1S/C24H27N7O2/c1-13(25)21(11-26-4)31-23-18-8-16(17-9-20(29-15(3)32)14(2)27-10-17)6-7-19(18)28-12-22(23)30(5)24(31)33/h6-8,10-12,20H,9,25H2,1-5H3,(H,29,32). The van der Waals surface area contributed by atoms with Gasteiger partial charge in [-0.05, 0) is 37.1 Å².